The van der Waals surface area contributed by atoms with Crippen LogP contribution in [0.4, 0.5) is 0 Å². The van der Waals surface area contributed by atoms with E-state index in [0.717, 1.165) is 94.4 Å². The molecule has 0 aliphatic rings. The Morgan fingerprint density at radius 2 is 0.673 bits per heavy atom. The number of ether oxygens (including phenoxy) is 4. The van der Waals surface area contributed by atoms with Crippen LogP contribution in [0.15, 0.2) is 0 Å². The molecule has 0 heterocycles. The lowest BCUT2D eigenvalue weighted by atomic mass is 9.84. The zero-order valence-corrected chi connectivity index (χ0v) is 37.6. The van der Waals surface area contributed by atoms with E-state index in [2.05, 4.69) is 55.9 Å². The molecule has 49 heavy (non-hydrogen) atoms. The van der Waals surface area contributed by atoms with Crippen molar-refractivity contribution in [1.29, 1.82) is 0 Å². The first-order chi connectivity index (χ1) is 22.7. The van der Waals surface area contributed by atoms with Crippen LogP contribution in [0, 0.1) is 5.41 Å². The molecule has 300 valence electrons. The molecule has 0 fully saturated rings. The predicted molar refractivity (Wildman–Crippen MR) is 204 cm³/mol. The first-order valence-corrected chi connectivity index (χ1v) is 20.6. The highest BCUT2D eigenvalue weighted by atomic mass is 79.9. The fourth-order valence-corrected chi connectivity index (χ4v) is 5.81. The Morgan fingerprint density at radius 3 is 1.06 bits per heavy atom. The van der Waals surface area contributed by atoms with Crippen molar-refractivity contribution in [2.24, 2.45) is 5.41 Å². The topological polar surface area (TPSA) is 36.9 Å². The van der Waals surface area contributed by atoms with E-state index in [4.69, 9.17) is 18.9 Å². The largest absolute Gasteiger partial charge is 1.00 e. The third kappa shape index (κ3) is 35.5. The number of hydrogen-bond donors (Lipinski definition) is 0. The second-order valence-corrected chi connectivity index (χ2v) is 16.0. The van der Waals surface area contributed by atoms with Crippen LogP contribution in [0.1, 0.15) is 156 Å². The summed E-state index contributed by atoms with van der Waals surface area (Å²) in [6, 6.07) is 0. The van der Waals surface area contributed by atoms with Gasteiger partial charge in [0.1, 0.15) is 13.1 Å². The highest BCUT2D eigenvalue weighted by molar-refractivity contribution is 4.80. The van der Waals surface area contributed by atoms with Crippen LogP contribution >= 0.6 is 0 Å². The van der Waals surface area contributed by atoms with Gasteiger partial charge in [-0.15, -0.1) is 0 Å². The average Bonchev–Trinajstić information content (AvgIpc) is 3.06. The van der Waals surface area contributed by atoms with E-state index in [0.29, 0.717) is 0 Å². The van der Waals surface area contributed by atoms with Gasteiger partial charge in [0.15, 0.2) is 0 Å². The molecule has 0 N–H and O–H groups in total. The summed E-state index contributed by atoms with van der Waals surface area (Å²) in [7, 11) is 9.17. The molecule has 0 aromatic carbocycles. The van der Waals surface area contributed by atoms with Crippen molar-refractivity contribution in [1.82, 2.24) is 0 Å². The molecule has 0 amide bonds. The number of quaternary nitrogens is 2. The quantitative estimate of drug-likeness (QED) is 0.0696. The van der Waals surface area contributed by atoms with Crippen molar-refractivity contribution in [2.45, 2.75) is 156 Å². The van der Waals surface area contributed by atoms with Crippen molar-refractivity contribution < 1.29 is 61.9 Å². The highest BCUT2D eigenvalue weighted by Crippen LogP contribution is 2.28. The number of likely N-dealkylation sites (N-methyl/N-ethyl adjacent to an activating group) is 2. The maximum Gasteiger partial charge on any atom is 0.102 e. The maximum absolute atomic E-state index is 6.48. The molecule has 0 bridgehead atoms. The Labute approximate surface area is 329 Å². The first kappa shape index (κ1) is 54.1. The Morgan fingerprint density at radius 1 is 0.367 bits per heavy atom. The second-order valence-electron chi connectivity index (χ2n) is 16.0. The van der Waals surface area contributed by atoms with E-state index in [1.54, 1.807) is 0 Å². The normalized spacial score (nSPS) is 12.2. The number of unbranched alkanes of at least 4 members (excludes halogenated alkanes) is 16. The smallest absolute Gasteiger partial charge is 0.102 e. The van der Waals surface area contributed by atoms with E-state index in [-0.39, 0.29) is 39.4 Å². The molecule has 0 spiro atoms. The number of hydrogen-bond acceptors (Lipinski definition) is 4. The van der Waals surface area contributed by atoms with Gasteiger partial charge < -0.3 is 61.9 Å². The van der Waals surface area contributed by atoms with Crippen LogP contribution in [0.25, 0.3) is 0 Å². The molecular weight excluding hydrogens is 744 g/mol. The lowest BCUT2D eigenvalue weighted by molar-refractivity contribution is -0.889. The predicted octanol–water partition coefficient (Wildman–Crippen LogP) is 4.08. The summed E-state index contributed by atoms with van der Waals surface area (Å²) in [5.41, 5.74) is -0.0766. The van der Waals surface area contributed by atoms with Gasteiger partial charge in [-0.05, 0) is 39.5 Å². The number of nitrogens with zero attached hydrogens (tertiary/aromatic N) is 2. The van der Waals surface area contributed by atoms with Gasteiger partial charge in [-0.2, -0.15) is 0 Å². The summed E-state index contributed by atoms with van der Waals surface area (Å²) in [5.74, 6) is 0. The highest BCUT2D eigenvalue weighted by Gasteiger charge is 2.32. The van der Waals surface area contributed by atoms with Crippen LogP contribution in [0.2, 0.25) is 0 Å². The van der Waals surface area contributed by atoms with Crippen LogP contribution < -0.4 is 34.0 Å². The molecule has 0 aromatic heterocycles. The Kier molecular flexibility index (Phi) is 40.9. The van der Waals surface area contributed by atoms with E-state index >= 15 is 0 Å². The fraction of sp³-hybridized carbons (Fsp3) is 1.00. The fourth-order valence-electron chi connectivity index (χ4n) is 5.81. The van der Waals surface area contributed by atoms with Gasteiger partial charge in [-0.25, -0.2) is 0 Å². The van der Waals surface area contributed by atoms with E-state index in [1.807, 2.05) is 0 Å². The number of rotatable bonds is 38. The molecule has 0 unspecified atom stereocenters. The molecule has 0 aromatic rings. The van der Waals surface area contributed by atoms with Crippen LogP contribution in [0.5, 0.6) is 0 Å². The monoisotopic (exact) mass is 831 g/mol. The summed E-state index contributed by atoms with van der Waals surface area (Å²) >= 11 is 0. The molecule has 0 aliphatic carbocycles. The summed E-state index contributed by atoms with van der Waals surface area (Å²) in [6.45, 7) is 19.9. The molecule has 0 atom stereocenters. The Balaban J connectivity index is -0.0000106. The van der Waals surface area contributed by atoms with Gasteiger partial charge in [0, 0.05) is 25.2 Å². The minimum atomic E-state index is -0.0766. The van der Waals surface area contributed by atoms with E-state index in [1.165, 1.54) is 122 Å². The second kappa shape index (κ2) is 37.1. The first-order valence-electron chi connectivity index (χ1n) is 20.6. The van der Waals surface area contributed by atoms with Crippen molar-refractivity contribution in [3.05, 3.63) is 0 Å². The molecule has 8 heteroatoms. The Bertz CT molecular complexity index is 601. The standard InChI is InChI=1S/C41H88N2O4.2BrH/c1-9-13-15-17-18-19-20-21-24-29-35-45-38-41(39-46-36-31-42(5,6)11-3,40-47-37-32-43(7,8)12-4)30-26-23-22-25-28-34-44-33-27-16-14-10-2;;/h9-40H2,1-8H3;2*1H/q+2;;/p-2. The summed E-state index contributed by atoms with van der Waals surface area (Å²) < 4.78 is 27.3. The van der Waals surface area contributed by atoms with Gasteiger partial charge in [0.05, 0.1) is 74.3 Å². The minimum absolute atomic E-state index is 0. The van der Waals surface area contributed by atoms with Gasteiger partial charge in [0.2, 0.25) is 0 Å². The minimum Gasteiger partial charge on any atom is -1.00 e. The third-order valence-electron chi connectivity index (χ3n) is 10.4. The van der Waals surface area contributed by atoms with Crippen molar-refractivity contribution >= 4 is 0 Å². The SMILES string of the molecule is CCCCCCCCCCCCOCC(CCCCCCCOCCCCCC)(COCC[N+](C)(C)CC)COCC[N+](C)(C)CC.[Br-].[Br-]. The Hall–Kier alpha value is 0.720. The summed E-state index contributed by atoms with van der Waals surface area (Å²) in [6.07, 6.45) is 26.0. The lowest BCUT2D eigenvalue weighted by Gasteiger charge is -2.35. The van der Waals surface area contributed by atoms with Crippen LogP contribution in [-0.4, -0.2) is 116 Å². The lowest BCUT2D eigenvalue weighted by Crippen LogP contribution is -3.00. The van der Waals surface area contributed by atoms with Gasteiger partial charge in [-0.1, -0.05) is 117 Å². The molecular formula is C41H88Br2N2O4. The van der Waals surface area contributed by atoms with Crippen molar-refractivity contribution in [2.75, 3.05) is 107 Å². The third-order valence-corrected chi connectivity index (χ3v) is 10.4. The molecule has 0 radical (unpaired) electrons. The molecule has 6 nitrogen and oxygen atoms in total. The van der Waals surface area contributed by atoms with Crippen molar-refractivity contribution in [3.63, 3.8) is 0 Å². The molecule has 0 rings (SSSR count). The van der Waals surface area contributed by atoms with E-state index < -0.39 is 0 Å². The molecule has 0 saturated heterocycles. The zero-order chi connectivity index (χ0) is 35.0. The molecule has 0 saturated carbocycles. The van der Waals surface area contributed by atoms with Gasteiger partial charge >= 0.3 is 0 Å². The average molecular weight is 833 g/mol. The molecule has 0 aliphatic heterocycles. The van der Waals surface area contributed by atoms with Gasteiger partial charge in [0.25, 0.3) is 0 Å². The summed E-state index contributed by atoms with van der Waals surface area (Å²) in [4.78, 5) is 0. The van der Waals surface area contributed by atoms with Crippen LogP contribution in [0.3, 0.4) is 0 Å². The van der Waals surface area contributed by atoms with Crippen molar-refractivity contribution in [3.8, 4) is 0 Å². The maximum atomic E-state index is 6.48. The summed E-state index contributed by atoms with van der Waals surface area (Å²) in [5, 5.41) is 0. The van der Waals surface area contributed by atoms with Gasteiger partial charge in [-0.3, -0.25) is 0 Å². The zero-order valence-electron chi connectivity index (χ0n) is 34.4. The number of halogens is 2. The van der Waals surface area contributed by atoms with E-state index in [9.17, 15) is 0 Å². The van der Waals surface area contributed by atoms with Crippen LogP contribution in [-0.2, 0) is 18.9 Å².